The van der Waals surface area contributed by atoms with Gasteiger partial charge < -0.3 is 9.47 Å². The average molecular weight is 328 g/mol. The van der Waals surface area contributed by atoms with Gasteiger partial charge in [-0.1, -0.05) is 18.2 Å². The fraction of sp³-hybridized carbons (Fsp3) is 0.278. The second kappa shape index (κ2) is 6.98. The summed E-state index contributed by atoms with van der Waals surface area (Å²) in [5.41, 5.74) is 2.21. The van der Waals surface area contributed by atoms with E-state index in [1.54, 1.807) is 25.6 Å². The lowest BCUT2D eigenvalue weighted by molar-refractivity contribution is 0.309. The van der Waals surface area contributed by atoms with Gasteiger partial charge in [0.25, 0.3) is 0 Å². The van der Waals surface area contributed by atoms with E-state index in [4.69, 9.17) is 9.47 Å². The van der Waals surface area contributed by atoms with E-state index in [1.165, 1.54) is 4.70 Å². The highest BCUT2D eigenvalue weighted by Gasteiger charge is 2.10. The Hall–Kier alpha value is -2.11. The molecule has 1 aromatic heterocycles. The van der Waals surface area contributed by atoms with Crippen LogP contribution in [-0.2, 0) is 13.1 Å². The number of methoxy groups -OCH3 is 2. The molecule has 0 aliphatic heterocycles. The smallest absolute Gasteiger partial charge is 0.127 e. The van der Waals surface area contributed by atoms with Gasteiger partial charge >= 0.3 is 0 Å². The molecule has 0 aliphatic rings. The lowest BCUT2D eigenvalue weighted by Gasteiger charge is -2.17. The number of rotatable bonds is 6. The van der Waals surface area contributed by atoms with E-state index in [9.17, 15) is 0 Å². The molecule has 0 spiro atoms. The van der Waals surface area contributed by atoms with E-state index in [0.717, 1.165) is 40.7 Å². The van der Waals surface area contributed by atoms with Crippen molar-refractivity contribution in [3.05, 3.63) is 53.0 Å². The number of hydrogen-bond donors (Lipinski definition) is 0. The number of fused-ring (bicyclic) bond motifs is 1. The molecule has 0 N–H and O–H groups in total. The van der Waals surface area contributed by atoms with E-state index >= 15 is 0 Å². The quantitative estimate of drug-likeness (QED) is 0.686. The second-order valence-corrected chi connectivity index (χ2v) is 6.54. The van der Waals surface area contributed by atoms with Crippen LogP contribution in [0, 0.1) is 0 Å². The number of para-hydroxylation sites is 1. The summed E-state index contributed by atoms with van der Waals surface area (Å²) in [6, 6.07) is 14.2. The number of nitrogens with zero attached hydrogens (tertiary/aromatic N) is 2. The third-order valence-corrected chi connectivity index (χ3v) is 4.70. The third-order valence-electron chi connectivity index (χ3n) is 3.68. The number of hydrogen-bond acceptors (Lipinski definition) is 5. The Labute approximate surface area is 140 Å². The maximum absolute atomic E-state index is 5.47. The molecule has 120 valence electrons. The van der Waals surface area contributed by atoms with Crippen LogP contribution in [0.15, 0.2) is 42.5 Å². The summed E-state index contributed by atoms with van der Waals surface area (Å²) in [5.74, 6) is 1.65. The molecule has 0 bridgehead atoms. The lowest BCUT2D eigenvalue weighted by Crippen LogP contribution is -2.17. The molecular formula is C18H20N2O2S. The van der Waals surface area contributed by atoms with E-state index in [2.05, 4.69) is 35.1 Å². The van der Waals surface area contributed by atoms with Crippen LogP contribution >= 0.6 is 11.3 Å². The Bertz CT molecular complexity index is 768. The molecule has 0 saturated carbocycles. The van der Waals surface area contributed by atoms with Gasteiger partial charge in [0.2, 0.25) is 0 Å². The van der Waals surface area contributed by atoms with Crippen LogP contribution in [0.4, 0.5) is 0 Å². The van der Waals surface area contributed by atoms with Crippen molar-refractivity contribution in [3.8, 4) is 11.5 Å². The van der Waals surface area contributed by atoms with Gasteiger partial charge in [-0.25, -0.2) is 4.98 Å². The Morgan fingerprint density at radius 2 is 1.87 bits per heavy atom. The lowest BCUT2D eigenvalue weighted by atomic mass is 10.2. The van der Waals surface area contributed by atoms with Gasteiger partial charge in [-0.3, -0.25) is 4.90 Å². The number of ether oxygens (including phenoxy) is 2. The first-order chi connectivity index (χ1) is 11.2. The van der Waals surface area contributed by atoms with Crippen molar-refractivity contribution < 1.29 is 9.47 Å². The standard InChI is InChI=1S/C18H20N2O2S/c1-20(11-13-8-9-14(21-2)10-16(13)22-3)12-18-19-15-6-4-5-7-17(15)23-18/h4-10H,11-12H2,1-3H3. The van der Waals surface area contributed by atoms with Crippen LogP contribution in [0.3, 0.4) is 0 Å². The van der Waals surface area contributed by atoms with Gasteiger partial charge in [-0.05, 0) is 25.2 Å². The predicted molar refractivity (Wildman–Crippen MR) is 94.3 cm³/mol. The molecular weight excluding hydrogens is 308 g/mol. The number of aromatic nitrogens is 1. The molecule has 3 rings (SSSR count). The molecule has 0 saturated heterocycles. The number of thiazole rings is 1. The molecule has 0 amide bonds. The van der Waals surface area contributed by atoms with Crippen molar-refractivity contribution in [1.29, 1.82) is 0 Å². The first kappa shape index (κ1) is 15.8. The fourth-order valence-corrected chi connectivity index (χ4v) is 3.60. The second-order valence-electron chi connectivity index (χ2n) is 5.43. The van der Waals surface area contributed by atoms with Crippen LogP contribution < -0.4 is 9.47 Å². The van der Waals surface area contributed by atoms with Crippen LogP contribution in [-0.4, -0.2) is 31.2 Å². The van der Waals surface area contributed by atoms with Gasteiger partial charge in [-0.2, -0.15) is 0 Å². The largest absolute Gasteiger partial charge is 0.497 e. The summed E-state index contributed by atoms with van der Waals surface area (Å²) in [4.78, 5) is 6.93. The van der Waals surface area contributed by atoms with Crippen LogP contribution in [0.25, 0.3) is 10.2 Å². The highest BCUT2D eigenvalue weighted by atomic mass is 32.1. The molecule has 4 nitrogen and oxygen atoms in total. The first-order valence-corrected chi connectivity index (χ1v) is 8.25. The van der Waals surface area contributed by atoms with E-state index in [1.807, 2.05) is 24.3 Å². The molecule has 2 aromatic carbocycles. The summed E-state index contributed by atoms with van der Waals surface area (Å²) >= 11 is 1.75. The summed E-state index contributed by atoms with van der Waals surface area (Å²) in [6.45, 7) is 1.61. The Balaban J connectivity index is 1.72. The minimum Gasteiger partial charge on any atom is -0.497 e. The van der Waals surface area contributed by atoms with E-state index in [-0.39, 0.29) is 0 Å². The topological polar surface area (TPSA) is 34.6 Å². The van der Waals surface area contributed by atoms with Crippen molar-refractivity contribution in [1.82, 2.24) is 9.88 Å². The van der Waals surface area contributed by atoms with Crippen molar-refractivity contribution in [3.63, 3.8) is 0 Å². The van der Waals surface area contributed by atoms with Crippen molar-refractivity contribution in [2.45, 2.75) is 13.1 Å². The predicted octanol–water partition coefficient (Wildman–Crippen LogP) is 3.95. The monoisotopic (exact) mass is 328 g/mol. The van der Waals surface area contributed by atoms with Gasteiger partial charge in [0.05, 0.1) is 31.0 Å². The molecule has 0 aliphatic carbocycles. The third kappa shape index (κ3) is 3.63. The summed E-state index contributed by atoms with van der Waals surface area (Å²) < 4.78 is 11.9. The normalized spacial score (nSPS) is 11.1. The minimum absolute atomic E-state index is 0.795. The number of benzene rings is 2. The van der Waals surface area contributed by atoms with Crippen molar-refractivity contribution in [2.75, 3.05) is 21.3 Å². The first-order valence-electron chi connectivity index (χ1n) is 7.43. The molecule has 0 fully saturated rings. The van der Waals surface area contributed by atoms with Crippen LogP contribution in [0.1, 0.15) is 10.6 Å². The molecule has 0 atom stereocenters. The molecule has 23 heavy (non-hydrogen) atoms. The maximum atomic E-state index is 5.47. The summed E-state index contributed by atoms with van der Waals surface area (Å²) in [5, 5.41) is 1.13. The molecule has 5 heteroatoms. The van der Waals surface area contributed by atoms with Crippen molar-refractivity contribution >= 4 is 21.6 Å². The Kier molecular flexibility index (Phi) is 4.79. The SMILES string of the molecule is COc1ccc(CN(C)Cc2nc3ccccc3s2)c(OC)c1. The van der Waals surface area contributed by atoms with Crippen LogP contribution in [0.5, 0.6) is 11.5 Å². The average Bonchev–Trinajstić information content (AvgIpc) is 2.97. The summed E-state index contributed by atoms with van der Waals surface area (Å²) in [7, 11) is 5.44. The minimum atomic E-state index is 0.795. The zero-order valence-electron chi connectivity index (χ0n) is 13.6. The molecule has 1 heterocycles. The van der Waals surface area contributed by atoms with E-state index in [0.29, 0.717) is 0 Å². The Morgan fingerprint density at radius 3 is 2.61 bits per heavy atom. The van der Waals surface area contributed by atoms with Gasteiger partial charge in [-0.15, -0.1) is 11.3 Å². The van der Waals surface area contributed by atoms with Crippen molar-refractivity contribution in [2.24, 2.45) is 0 Å². The highest BCUT2D eigenvalue weighted by molar-refractivity contribution is 7.18. The summed E-state index contributed by atoms with van der Waals surface area (Å²) in [6.07, 6.45) is 0. The van der Waals surface area contributed by atoms with Gasteiger partial charge in [0.1, 0.15) is 16.5 Å². The molecule has 0 unspecified atom stereocenters. The van der Waals surface area contributed by atoms with Gasteiger partial charge in [0.15, 0.2) is 0 Å². The molecule has 0 radical (unpaired) electrons. The zero-order chi connectivity index (χ0) is 16.2. The Morgan fingerprint density at radius 1 is 1.04 bits per heavy atom. The zero-order valence-corrected chi connectivity index (χ0v) is 14.4. The van der Waals surface area contributed by atoms with Crippen LogP contribution in [0.2, 0.25) is 0 Å². The highest BCUT2D eigenvalue weighted by Crippen LogP contribution is 2.27. The maximum Gasteiger partial charge on any atom is 0.127 e. The fourth-order valence-electron chi connectivity index (χ4n) is 2.55. The van der Waals surface area contributed by atoms with Gasteiger partial charge in [0, 0.05) is 18.2 Å². The van der Waals surface area contributed by atoms with E-state index < -0.39 is 0 Å². The molecule has 3 aromatic rings.